The maximum atomic E-state index is 3.12. The Balaban J connectivity index is 0.000000192. The van der Waals surface area contributed by atoms with Crippen molar-refractivity contribution in [1.29, 1.82) is 0 Å². The summed E-state index contributed by atoms with van der Waals surface area (Å²) in [4.78, 5) is 0. The Hall–Kier alpha value is -0.877. The maximum Gasteiger partial charge on any atom is -0.0771 e. The van der Waals surface area contributed by atoms with Gasteiger partial charge in [0, 0.05) is 0 Å². The summed E-state index contributed by atoms with van der Waals surface area (Å²) in [5.41, 5.74) is 1.27. The van der Waals surface area contributed by atoms with Gasteiger partial charge in [0.1, 0.15) is 0 Å². The van der Waals surface area contributed by atoms with Crippen molar-refractivity contribution in [3.63, 3.8) is 0 Å². The quantitative estimate of drug-likeness (QED) is 0.406. The molecule has 2 fully saturated rings. The Morgan fingerprint density at radius 2 is 1.20 bits per heavy atom. The summed E-state index contributed by atoms with van der Waals surface area (Å²) in [5, 5.41) is 5.39. The van der Waals surface area contributed by atoms with E-state index in [-0.39, 0.29) is 24.8 Å². The summed E-state index contributed by atoms with van der Waals surface area (Å²) in [6, 6.07) is 19.3. The molecule has 0 spiro atoms. The summed E-state index contributed by atoms with van der Waals surface area (Å²) >= 11 is 1.77. The van der Waals surface area contributed by atoms with Crippen LogP contribution < -0.4 is 24.8 Å². The molecule has 0 bridgehead atoms. The number of benzene rings is 2. The minimum atomic E-state index is 0. The van der Waals surface area contributed by atoms with Crippen LogP contribution in [0.1, 0.15) is 77.6 Å². The molecule has 0 aliphatic heterocycles. The van der Waals surface area contributed by atoms with Crippen LogP contribution in [0, 0.1) is 17.9 Å². The van der Waals surface area contributed by atoms with Crippen LogP contribution >= 0.6 is 0 Å². The Morgan fingerprint density at radius 3 is 1.57 bits per heavy atom. The van der Waals surface area contributed by atoms with E-state index in [0.717, 1.165) is 18.3 Å². The molecule has 0 saturated heterocycles. The predicted octanol–water partition coefficient (Wildman–Crippen LogP) is 3.28. The molecule has 3 aliphatic carbocycles. The van der Waals surface area contributed by atoms with Crippen LogP contribution in [0.25, 0.3) is 21.5 Å². The second kappa shape index (κ2) is 16.1. The van der Waals surface area contributed by atoms with Gasteiger partial charge in [0.2, 0.25) is 0 Å². The zero-order valence-corrected chi connectivity index (χ0v) is 25.0. The van der Waals surface area contributed by atoms with Gasteiger partial charge in [-0.15, -0.1) is 46.2 Å². The van der Waals surface area contributed by atoms with Crippen molar-refractivity contribution >= 4 is 24.8 Å². The molecule has 186 valence electrons. The number of fused-ring (bicyclic) bond motifs is 3. The van der Waals surface area contributed by atoms with E-state index in [2.05, 4.69) is 79.7 Å². The largest absolute Gasteiger partial charge is 0.126 e. The SMILES string of the molecule is CC1=[C-]CC=C1.[Cl-].[Cl-].[Zr+2]=[C](C1CCCCC1)C1CCCCC1.c1ccc2c(c1)[cH-]c1ccccc12. The van der Waals surface area contributed by atoms with E-state index in [9.17, 15) is 0 Å². The van der Waals surface area contributed by atoms with Crippen molar-refractivity contribution < 1.29 is 49.0 Å². The summed E-state index contributed by atoms with van der Waals surface area (Å²) in [5.74, 6) is 2.09. The molecular formula is C32H38Cl2Zr-2. The maximum absolute atomic E-state index is 3.12. The Bertz CT molecular complexity index is 1020. The molecule has 3 aromatic carbocycles. The molecule has 0 amide bonds. The third kappa shape index (κ3) is 8.88. The second-order valence-electron chi connectivity index (χ2n) is 9.91. The van der Waals surface area contributed by atoms with E-state index in [1.54, 1.807) is 24.2 Å². The van der Waals surface area contributed by atoms with Crippen molar-refractivity contribution in [2.75, 3.05) is 0 Å². The summed E-state index contributed by atoms with van der Waals surface area (Å²) in [7, 11) is 0. The van der Waals surface area contributed by atoms with E-state index >= 15 is 0 Å². The first kappa shape index (κ1) is 30.3. The average Bonchev–Trinajstić information content (AvgIpc) is 3.52. The third-order valence-corrected chi connectivity index (χ3v) is 9.49. The Labute approximate surface area is 240 Å². The fraction of sp³-hybridized carbons (Fsp3) is 0.438. The first-order valence-electron chi connectivity index (χ1n) is 13.1. The van der Waals surface area contributed by atoms with E-state index < -0.39 is 0 Å². The van der Waals surface area contributed by atoms with Gasteiger partial charge in [-0.1, -0.05) is 43.3 Å². The molecule has 0 nitrogen and oxygen atoms in total. The van der Waals surface area contributed by atoms with Gasteiger partial charge in [-0.3, -0.25) is 6.08 Å². The third-order valence-electron chi connectivity index (χ3n) is 7.48. The molecule has 6 rings (SSSR count). The molecule has 0 aromatic heterocycles. The summed E-state index contributed by atoms with van der Waals surface area (Å²) in [6.07, 6.45) is 23.5. The van der Waals surface area contributed by atoms with Crippen molar-refractivity contribution in [3.05, 3.63) is 78.4 Å². The normalized spacial score (nSPS) is 17.9. The topological polar surface area (TPSA) is 0 Å². The molecule has 3 aliphatic rings. The number of hydrogen-bond acceptors (Lipinski definition) is 0. The molecule has 3 aromatic rings. The molecule has 0 N–H and O–H groups in total. The van der Waals surface area contributed by atoms with E-state index in [1.807, 2.05) is 3.21 Å². The van der Waals surface area contributed by atoms with Gasteiger partial charge < -0.3 is 24.8 Å². The molecular weight excluding hydrogens is 546 g/mol. The van der Waals surface area contributed by atoms with E-state index in [1.165, 1.54) is 91.3 Å². The van der Waals surface area contributed by atoms with Crippen LogP contribution in [0.5, 0.6) is 0 Å². The number of rotatable bonds is 2. The van der Waals surface area contributed by atoms with Crippen LogP contribution in [-0.2, 0) is 24.2 Å². The number of allylic oxidation sites excluding steroid dienone is 4. The summed E-state index contributed by atoms with van der Waals surface area (Å²) in [6.45, 7) is 2.06. The number of halogens is 2. The zero-order valence-electron chi connectivity index (χ0n) is 21.0. The minimum Gasteiger partial charge on any atom is -0.126 e. The Morgan fingerprint density at radius 1 is 0.743 bits per heavy atom. The van der Waals surface area contributed by atoms with Crippen molar-refractivity contribution in [1.82, 2.24) is 0 Å². The van der Waals surface area contributed by atoms with Gasteiger partial charge in [0.25, 0.3) is 0 Å². The molecule has 0 radical (unpaired) electrons. The van der Waals surface area contributed by atoms with Crippen LogP contribution in [0.4, 0.5) is 0 Å². The first-order valence-corrected chi connectivity index (χ1v) is 14.3. The molecule has 0 unspecified atom stereocenters. The van der Waals surface area contributed by atoms with Gasteiger partial charge in [0.15, 0.2) is 0 Å². The smallest absolute Gasteiger partial charge is 0.0771 e. The standard InChI is InChI=1S/C13H9.C13H22.C6H7.2ClH.Zr/c1-3-7-12-10(5-1)9-11-6-2-4-8-13(11)12;1-3-7-12(8-4-1)11-13-9-5-2-6-10-13;1-6-4-2-3-5-6;;;/h1-9H;12-13H,1-10H2;2,4H,3H2,1H3;2*1H;/q-1;;-1;;;+2/p-2. The van der Waals surface area contributed by atoms with Crippen LogP contribution in [0.2, 0.25) is 0 Å². The van der Waals surface area contributed by atoms with Gasteiger partial charge in [-0.2, -0.15) is 6.08 Å². The second-order valence-corrected chi connectivity index (χ2v) is 11.3. The number of hydrogen-bond donors (Lipinski definition) is 0. The molecule has 35 heavy (non-hydrogen) atoms. The van der Waals surface area contributed by atoms with Crippen LogP contribution in [0.15, 0.2) is 72.3 Å². The van der Waals surface area contributed by atoms with Gasteiger partial charge in [-0.25, -0.2) is 11.6 Å². The van der Waals surface area contributed by atoms with Gasteiger partial charge in [-0.05, 0) is 0 Å². The van der Waals surface area contributed by atoms with Gasteiger partial charge in [0.05, 0.1) is 0 Å². The van der Waals surface area contributed by atoms with Crippen molar-refractivity contribution in [2.45, 2.75) is 77.6 Å². The molecule has 0 atom stereocenters. The van der Waals surface area contributed by atoms with E-state index in [0.29, 0.717) is 0 Å². The van der Waals surface area contributed by atoms with E-state index in [4.69, 9.17) is 0 Å². The van der Waals surface area contributed by atoms with Crippen LogP contribution in [0.3, 0.4) is 0 Å². The Kier molecular flexibility index (Phi) is 13.9. The summed E-state index contributed by atoms with van der Waals surface area (Å²) < 4.78 is 1.97. The fourth-order valence-corrected chi connectivity index (χ4v) is 7.00. The fourth-order valence-electron chi connectivity index (χ4n) is 5.58. The van der Waals surface area contributed by atoms with Crippen molar-refractivity contribution in [3.8, 4) is 0 Å². The molecule has 0 heterocycles. The average molecular weight is 585 g/mol. The van der Waals surface area contributed by atoms with Gasteiger partial charge >= 0.3 is 103 Å². The zero-order chi connectivity index (χ0) is 22.9. The van der Waals surface area contributed by atoms with Crippen LogP contribution in [-0.4, -0.2) is 3.21 Å². The minimum absolute atomic E-state index is 0. The molecule has 2 saturated carbocycles. The predicted molar refractivity (Wildman–Crippen MR) is 141 cm³/mol. The van der Waals surface area contributed by atoms with Crippen molar-refractivity contribution in [2.24, 2.45) is 11.8 Å². The molecule has 3 heteroatoms. The monoisotopic (exact) mass is 582 g/mol. The first-order chi connectivity index (χ1) is 16.2.